The van der Waals surface area contributed by atoms with E-state index in [9.17, 15) is 0 Å². The lowest BCUT2D eigenvalue weighted by molar-refractivity contribution is 0.283. The molecule has 116 valence electrons. The van der Waals surface area contributed by atoms with Crippen LogP contribution in [-0.4, -0.2) is 11.7 Å². The first-order valence-electron chi connectivity index (χ1n) is 7.68. The molecule has 0 aromatic heterocycles. The fourth-order valence-corrected chi connectivity index (χ4v) is 1.20. The van der Waals surface area contributed by atoms with Crippen LogP contribution in [0.5, 0.6) is 0 Å². The molecule has 0 aliphatic heterocycles. The normalized spacial score (nSPS) is 7.27. The second-order valence-corrected chi connectivity index (χ2v) is 4.28. The van der Waals surface area contributed by atoms with Crippen molar-refractivity contribution < 1.29 is 5.11 Å². The molecule has 22 heavy (non-hydrogen) atoms. The molecular formula is C21H26O. The molecule has 1 heteroatoms. The highest BCUT2D eigenvalue weighted by atomic mass is 16.2. The molecule has 0 aliphatic rings. The molecule has 0 rings (SSSR count). The van der Waals surface area contributed by atoms with Crippen molar-refractivity contribution in [2.75, 3.05) is 6.61 Å². The molecule has 0 saturated carbocycles. The van der Waals surface area contributed by atoms with Crippen LogP contribution < -0.4 is 0 Å². The molecule has 0 saturated heterocycles. The standard InChI is InChI=1S/C11H12.C10H14O/c1-3-5-7-9-11-10-8-6-4-2;1-2-3-4-5-6-7-8-9-10-11/h1H,4-6,11H2,2H3;1,11H,3,6-10H2. The minimum absolute atomic E-state index is 0.289. The van der Waals surface area contributed by atoms with Gasteiger partial charge in [-0.15, -0.1) is 24.7 Å². The largest absolute Gasteiger partial charge is 0.396 e. The molecule has 1 nitrogen and oxygen atoms in total. The molecule has 1 N–H and O–H groups in total. The van der Waals surface area contributed by atoms with Gasteiger partial charge in [-0.25, -0.2) is 0 Å². The second-order valence-electron chi connectivity index (χ2n) is 4.28. The predicted octanol–water partition coefficient (Wildman–Crippen LogP) is 3.77. The topological polar surface area (TPSA) is 20.2 Å². The molecule has 0 spiro atoms. The molecule has 0 unspecified atom stereocenters. The van der Waals surface area contributed by atoms with E-state index in [0.717, 1.165) is 38.5 Å². The number of unbranched alkanes of at least 4 members (excludes halogenated alkanes) is 4. The minimum Gasteiger partial charge on any atom is -0.396 e. The van der Waals surface area contributed by atoms with Gasteiger partial charge in [-0.2, -0.15) is 0 Å². The molecule has 0 fully saturated rings. The lowest BCUT2D eigenvalue weighted by atomic mass is 10.2. The molecule has 0 aliphatic carbocycles. The highest BCUT2D eigenvalue weighted by Crippen LogP contribution is 1.96. The van der Waals surface area contributed by atoms with Crippen LogP contribution in [0.15, 0.2) is 0 Å². The third-order valence-electron chi connectivity index (χ3n) is 2.27. The monoisotopic (exact) mass is 294 g/mol. The van der Waals surface area contributed by atoms with Crippen LogP contribution in [0, 0.1) is 60.2 Å². The van der Waals surface area contributed by atoms with Crippen LogP contribution in [0.4, 0.5) is 0 Å². The molecular weight excluding hydrogens is 268 g/mol. The molecule has 0 atom stereocenters. The van der Waals surface area contributed by atoms with Gasteiger partial charge in [-0.3, -0.25) is 0 Å². The van der Waals surface area contributed by atoms with Gasteiger partial charge < -0.3 is 5.11 Å². The summed E-state index contributed by atoms with van der Waals surface area (Å²) in [7, 11) is 0. The average Bonchev–Trinajstić information content (AvgIpc) is 2.54. The van der Waals surface area contributed by atoms with Crippen LogP contribution in [0.1, 0.15) is 64.7 Å². The van der Waals surface area contributed by atoms with E-state index in [-0.39, 0.29) is 6.61 Å². The minimum atomic E-state index is 0.289. The van der Waals surface area contributed by atoms with Crippen LogP contribution in [0.25, 0.3) is 0 Å². The number of aliphatic hydroxyl groups is 1. The third-order valence-corrected chi connectivity index (χ3v) is 2.27. The molecule has 0 amide bonds. The highest BCUT2D eigenvalue weighted by Gasteiger charge is 1.83. The summed E-state index contributed by atoms with van der Waals surface area (Å²) in [5, 5.41) is 8.44. The lowest BCUT2D eigenvalue weighted by Gasteiger charge is -1.90. The lowest BCUT2D eigenvalue weighted by Crippen LogP contribution is -1.81. The Labute approximate surface area is 137 Å². The van der Waals surface area contributed by atoms with Gasteiger partial charge in [0.05, 0.1) is 19.3 Å². The van der Waals surface area contributed by atoms with Crippen molar-refractivity contribution in [2.45, 2.75) is 64.7 Å². The van der Waals surface area contributed by atoms with Crippen molar-refractivity contribution in [3.63, 3.8) is 0 Å². The van der Waals surface area contributed by atoms with E-state index in [2.05, 4.69) is 54.3 Å². The fraction of sp³-hybridized carbons (Fsp3) is 0.524. The van der Waals surface area contributed by atoms with Crippen LogP contribution >= 0.6 is 0 Å². The van der Waals surface area contributed by atoms with Gasteiger partial charge in [-0.05, 0) is 19.3 Å². The number of rotatable bonds is 5. The molecule has 0 aromatic rings. The maximum Gasteiger partial charge on any atom is 0.0702 e. The van der Waals surface area contributed by atoms with Gasteiger partial charge in [-0.1, -0.05) is 48.9 Å². The maximum atomic E-state index is 8.44. The first-order valence-corrected chi connectivity index (χ1v) is 7.68. The first-order chi connectivity index (χ1) is 10.8. The van der Waals surface area contributed by atoms with Gasteiger partial charge in [0.25, 0.3) is 0 Å². The fourth-order valence-electron chi connectivity index (χ4n) is 1.20. The zero-order chi connectivity index (χ0) is 16.7. The second kappa shape index (κ2) is 23.8. The van der Waals surface area contributed by atoms with Gasteiger partial charge in [0, 0.05) is 19.4 Å². The van der Waals surface area contributed by atoms with Crippen molar-refractivity contribution in [2.24, 2.45) is 0 Å². The zero-order valence-electron chi connectivity index (χ0n) is 13.7. The van der Waals surface area contributed by atoms with E-state index in [1.807, 2.05) is 0 Å². The van der Waals surface area contributed by atoms with E-state index in [1.165, 1.54) is 0 Å². The van der Waals surface area contributed by atoms with Crippen LogP contribution in [-0.2, 0) is 0 Å². The van der Waals surface area contributed by atoms with Crippen molar-refractivity contribution in [3.05, 3.63) is 0 Å². The SMILES string of the molecule is C#CCC#CCC#CCCC.C#CCC#CCCCCCO. The van der Waals surface area contributed by atoms with Gasteiger partial charge >= 0.3 is 0 Å². The summed E-state index contributed by atoms with van der Waals surface area (Å²) < 4.78 is 0. The van der Waals surface area contributed by atoms with Gasteiger partial charge in [0.15, 0.2) is 0 Å². The Morgan fingerprint density at radius 2 is 1.23 bits per heavy atom. The summed E-state index contributed by atoms with van der Waals surface area (Å²) in [5.41, 5.74) is 0. The summed E-state index contributed by atoms with van der Waals surface area (Å²) >= 11 is 0. The number of aliphatic hydroxyl groups excluding tert-OH is 1. The smallest absolute Gasteiger partial charge is 0.0702 e. The van der Waals surface area contributed by atoms with Crippen molar-refractivity contribution in [1.29, 1.82) is 0 Å². The Morgan fingerprint density at radius 3 is 1.82 bits per heavy atom. The molecule has 0 heterocycles. The summed E-state index contributed by atoms with van der Waals surface area (Å²) in [5.74, 6) is 22.4. The van der Waals surface area contributed by atoms with Gasteiger partial charge in [0.1, 0.15) is 0 Å². The Balaban J connectivity index is 0. The van der Waals surface area contributed by atoms with Crippen molar-refractivity contribution in [1.82, 2.24) is 0 Å². The Morgan fingerprint density at radius 1 is 0.682 bits per heavy atom. The van der Waals surface area contributed by atoms with E-state index < -0.39 is 0 Å². The zero-order valence-corrected chi connectivity index (χ0v) is 13.7. The number of hydrogen-bond acceptors (Lipinski definition) is 1. The number of hydrogen-bond donors (Lipinski definition) is 1. The quantitative estimate of drug-likeness (QED) is 0.604. The van der Waals surface area contributed by atoms with Crippen LogP contribution in [0.2, 0.25) is 0 Å². The van der Waals surface area contributed by atoms with E-state index in [1.54, 1.807) is 0 Å². The molecule has 0 radical (unpaired) electrons. The van der Waals surface area contributed by atoms with Crippen molar-refractivity contribution in [3.8, 4) is 60.2 Å². The van der Waals surface area contributed by atoms with Crippen LogP contribution in [0.3, 0.4) is 0 Å². The van der Waals surface area contributed by atoms with Crippen molar-refractivity contribution >= 4 is 0 Å². The predicted molar refractivity (Wildman–Crippen MR) is 95.3 cm³/mol. The van der Waals surface area contributed by atoms with E-state index in [4.69, 9.17) is 18.0 Å². The van der Waals surface area contributed by atoms with Gasteiger partial charge in [0.2, 0.25) is 0 Å². The average molecular weight is 294 g/mol. The molecule has 0 aromatic carbocycles. The Hall–Kier alpha value is -2.24. The summed E-state index contributed by atoms with van der Waals surface area (Å²) in [4.78, 5) is 0. The summed E-state index contributed by atoms with van der Waals surface area (Å²) in [6.07, 6.45) is 17.8. The summed E-state index contributed by atoms with van der Waals surface area (Å²) in [6.45, 7) is 2.40. The number of terminal acetylenes is 2. The first kappa shape index (κ1) is 22.0. The van der Waals surface area contributed by atoms with E-state index in [0.29, 0.717) is 19.3 Å². The maximum absolute atomic E-state index is 8.44. The Bertz CT molecular complexity index is 494. The Kier molecular flexibility index (Phi) is 23.9. The molecule has 0 bridgehead atoms. The highest BCUT2D eigenvalue weighted by molar-refractivity contribution is 5.14. The third kappa shape index (κ3) is 26.3. The summed E-state index contributed by atoms with van der Waals surface area (Å²) in [6, 6.07) is 0. The van der Waals surface area contributed by atoms with E-state index >= 15 is 0 Å².